The summed E-state index contributed by atoms with van der Waals surface area (Å²) in [4.78, 5) is 4.97. The summed E-state index contributed by atoms with van der Waals surface area (Å²) >= 11 is 0. The van der Waals surface area contributed by atoms with Gasteiger partial charge in [0.2, 0.25) is 0 Å². The molecule has 100 valence electrons. The maximum absolute atomic E-state index is 5.87. The first-order valence-corrected chi connectivity index (χ1v) is 7.04. The fourth-order valence-corrected chi connectivity index (χ4v) is 2.85. The fraction of sp³-hybridized carbons (Fsp3) is 1.00. The van der Waals surface area contributed by atoms with Crippen LogP contribution in [0.3, 0.4) is 0 Å². The molecule has 0 aliphatic carbocycles. The molecule has 4 heteroatoms. The van der Waals surface area contributed by atoms with Crippen LogP contribution < -0.4 is 5.73 Å². The molecule has 4 nitrogen and oxygen atoms in total. The highest BCUT2D eigenvalue weighted by Crippen LogP contribution is 2.19. The Morgan fingerprint density at radius 1 is 1.24 bits per heavy atom. The summed E-state index contributed by atoms with van der Waals surface area (Å²) in [6.07, 6.45) is 5.80. The lowest BCUT2D eigenvalue weighted by Gasteiger charge is -2.24. The fourth-order valence-electron chi connectivity index (χ4n) is 2.85. The van der Waals surface area contributed by atoms with Gasteiger partial charge in [0.1, 0.15) is 0 Å². The topological polar surface area (TPSA) is 41.7 Å². The number of likely N-dealkylation sites (N-methyl/N-ethyl adjacent to an activating group) is 1. The first-order chi connectivity index (χ1) is 8.28. The molecule has 2 aliphatic rings. The standard InChI is InChI=1S/C13H27N3O/c1-15(8-9-16-6-2-3-7-16)11-13-5-4-12(10-14)17-13/h12-13H,2-11,14H2,1H3. The molecule has 2 unspecified atom stereocenters. The van der Waals surface area contributed by atoms with Gasteiger partial charge in [-0.15, -0.1) is 0 Å². The monoisotopic (exact) mass is 241 g/mol. The zero-order valence-corrected chi connectivity index (χ0v) is 11.1. The molecule has 2 fully saturated rings. The van der Waals surface area contributed by atoms with Crippen LogP contribution in [-0.4, -0.2) is 68.3 Å². The third-order valence-corrected chi connectivity index (χ3v) is 3.97. The zero-order valence-electron chi connectivity index (χ0n) is 11.1. The Kier molecular flexibility index (Phi) is 5.22. The first-order valence-electron chi connectivity index (χ1n) is 7.04. The van der Waals surface area contributed by atoms with E-state index >= 15 is 0 Å². The number of rotatable bonds is 6. The normalized spacial score (nSPS) is 30.5. The number of nitrogens with zero attached hydrogens (tertiary/aromatic N) is 2. The molecule has 2 N–H and O–H groups in total. The second-order valence-corrected chi connectivity index (χ2v) is 5.50. The summed E-state index contributed by atoms with van der Waals surface area (Å²) in [5.74, 6) is 0. The molecule has 2 atom stereocenters. The Morgan fingerprint density at radius 3 is 2.59 bits per heavy atom. The maximum atomic E-state index is 5.87. The number of hydrogen-bond acceptors (Lipinski definition) is 4. The second kappa shape index (κ2) is 6.69. The van der Waals surface area contributed by atoms with E-state index in [9.17, 15) is 0 Å². The predicted molar refractivity (Wildman–Crippen MR) is 70.1 cm³/mol. The number of nitrogens with two attached hydrogens (primary N) is 1. The van der Waals surface area contributed by atoms with E-state index in [1.807, 2.05) is 0 Å². The predicted octanol–water partition coefficient (Wildman–Crippen LogP) is 0.520. The Hall–Kier alpha value is -0.160. The highest BCUT2D eigenvalue weighted by Gasteiger charge is 2.25. The van der Waals surface area contributed by atoms with Crippen LogP contribution in [0.15, 0.2) is 0 Å². The molecule has 2 aliphatic heterocycles. The van der Waals surface area contributed by atoms with Crippen LogP contribution in [0, 0.1) is 0 Å². The average Bonchev–Trinajstić information content (AvgIpc) is 2.97. The van der Waals surface area contributed by atoms with Gasteiger partial charge in [0.05, 0.1) is 12.2 Å². The number of hydrogen-bond donors (Lipinski definition) is 1. The number of likely N-dealkylation sites (tertiary alicyclic amines) is 1. The van der Waals surface area contributed by atoms with Gasteiger partial charge in [-0.05, 0) is 45.8 Å². The van der Waals surface area contributed by atoms with Gasteiger partial charge < -0.3 is 20.3 Å². The molecule has 0 aromatic carbocycles. The molecule has 0 aromatic rings. The quantitative estimate of drug-likeness (QED) is 0.736. The van der Waals surface area contributed by atoms with Crippen LogP contribution in [0.25, 0.3) is 0 Å². The third-order valence-electron chi connectivity index (χ3n) is 3.97. The summed E-state index contributed by atoms with van der Waals surface area (Å²) in [7, 11) is 2.20. The second-order valence-electron chi connectivity index (χ2n) is 5.50. The third kappa shape index (κ3) is 4.21. The highest BCUT2D eigenvalue weighted by atomic mass is 16.5. The van der Waals surface area contributed by atoms with Crippen molar-refractivity contribution in [1.29, 1.82) is 0 Å². The van der Waals surface area contributed by atoms with E-state index in [1.165, 1.54) is 38.9 Å². The van der Waals surface area contributed by atoms with Crippen molar-refractivity contribution in [3.8, 4) is 0 Å². The molecule has 2 rings (SSSR count). The van der Waals surface area contributed by atoms with E-state index in [1.54, 1.807) is 0 Å². The Balaban J connectivity index is 1.58. The molecule has 0 saturated carbocycles. The van der Waals surface area contributed by atoms with Crippen molar-refractivity contribution >= 4 is 0 Å². The van der Waals surface area contributed by atoms with Gasteiger partial charge in [0.25, 0.3) is 0 Å². The summed E-state index contributed by atoms with van der Waals surface area (Å²) in [6, 6.07) is 0. The molecular formula is C13H27N3O. The summed E-state index contributed by atoms with van der Waals surface area (Å²) in [6.45, 7) is 6.70. The van der Waals surface area contributed by atoms with E-state index in [-0.39, 0.29) is 0 Å². The maximum Gasteiger partial charge on any atom is 0.0707 e. The smallest absolute Gasteiger partial charge is 0.0707 e. The van der Waals surface area contributed by atoms with Crippen molar-refractivity contribution < 1.29 is 4.74 Å². The largest absolute Gasteiger partial charge is 0.372 e. The molecule has 0 amide bonds. The van der Waals surface area contributed by atoms with Gasteiger partial charge in [0, 0.05) is 26.2 Å². The van der Waals surface area contributed by atoms with Crippen LogP contribution in [-0.2, 0) is 4.74 Å². The molecule has 2 saturated heterocycles. The van der Waals surface area contributed by atoms with E-state index in [2.05, 4.69) is 16.8 Å². The van der Waals surface area contributed by atoms with Crippen LogP contribution >= 0.6 is 0 Å². The lowest BCUT2D eigenvalue weighted by molar-refractivity contribution is 0.0307. The van der Waals surface area contributed by atoms with E-state index in [4.69, 9.17) is 10.5 Å². The lowest BCUT2D eigenvalue weighted by Crippen LogP contribution is -2.36. The highest BCUT2D eigenvalue weighted by molar-refractivity contribution is 4.77. The minimum absolute atomic E-state index is 0.312. The van der Waals surface area contributed by atoms with Crippen molar-refractivity contribution in [2.24, 2.45) is 5.73 Å². The SMILES string of the molecule is CN(CCN1CCCC1)CC1CCC(CN)O1. The van der Waals surface area contributed by atoms with E-state index < -0.39 is 0 Å². The minimum Gasteiger partial charge on any atom is -0.372 e. The van der Waals surface area contributed by atoms with Gasteiger partial charge in [-0.3, -0.25) is 0 Å². The molecule has 0 radical (unpaired) electrons. The molecule has 0 aromatic heterocycles. The molecule has 2 heterocycles. The van der Waals surface area contributed by atoms with Crippen molar-refractivity contribution in [2.45, 2.75) is 37.9 Å². The lowest BCUT2D eigenvalue weighted by atomic mass is 10.2. The zero-order chi connectivity index (χ0) is 12.1. The van der Waals surface area contributed by atoms with Gasteiger partial charge in [-0.2, -0.15) is 0 Å². The Bertz CT molecular complexity index is 219. The first kappa shape index (κ1) is 13.3. The summed E-state index contributed by atoms with van der Waals surface area (Å²) < 4.78 is 5.87. The van der Waals surface area contributed by atoms with Gasteiger partial charge >= 0.3 is 0 Å². The summed E-state index contributed by atoms with van der Waals surface area (Å²) in [5, 5.41) is 0. The number of ether oxygens (including phenoxy) is 1. The summed E-state index contributed by atoms with van der Waals surface area (Å²) in [5.41, 5.74) is 5.62. The molecule has 17 heavy (non-hydrogen) atoms. The van der Waals surface area contributed by atoms with Crippen molar-refractivity contribution in [2.75, 3.05) is 46.3 Å². The Labute approximate surface area is 105 Å². The van der Waals surface area contributed by atoms with Crippen LogP contribution in [0.4, 0.5) is 0 Å². The minimum atomic E-state index is 0.312. The van der Waals surface area contributed by atoms with Crippen molar-refractivity contribution in [3.05, 3.63) is 0 Å². The van der Waals surface area contributed by atoms with Crippen LogP contribution in [0.1, 0.15) is 25.7 Å². The molecule has 0 spiro atoms. The molecular weight excluding hydrogens is 214 g/mol. The van der Waals surface area contributed by atoms with E-state index in [0.717, 1.165) is 19.5 Å². The van der Waals surface area contributed by atoms with Crippen LogP contribution in [0.2, 0.25) is 0 Å². The van der Waals surface area contributed by atoms with Crippen LogP contribution in [0.5, 0.6) is 0 Å². The van der Waals surface area contributed by atoms with Gasteiger partial charge in [-0.25, -0.2) is 0 Å². The van der Waals surface area contributed by atoms with Gasteiger partial charge in [-0.1, -0.05) is 0 Å². The van der Waals surface area contributed by atoms with Gasteiger partial charge in [0.15, 0.2) is 0 Å². The average molecular weight is 241 g/mol. The van der Waals surface area contributed by atoms with Crippen molar-refractivity contribution in [1.82, 2.24) is 9.80 Å². The molecule has 0 bridgehead atoms. The Morgan fingerprint density at radius 2 is 1.94 bits per heavy atom. The van der Waals surface area contributed by atoms with Crippen molar-refractivity contribution in [3.63, 3.8) is 0 Å². The van der Waals surface area contributed by atoms with E-state index in [0.29, 0.717) is 18.8 Å².